The van der Waals surface area contributed by atoms with E-state index < -0.39 is 0 Å². The molecule has 0 bridgehead atoms. The largest absolute Gasteiger partial charge is 0.387 e. The summed E-state index contributed by atoms with van der Waals surface area (Å²) in [7, 11) is 0. The zero-order chi connectivity index (χ0) is 10.7. The fraction of sp³-hybridized carbons (Fsp3) is 0.300. The Labute approximate surface area is 101 Å². The third-order valence-corrected chi connectivity index (χ3v) is 3.05. The summed E-state index contributed by atoms with van der Waals surface area (Å²) >= 11 is 6.86. The average Bonchev–Trinajstić information content (AvgIpc) is 2.11. The molecule has 2 N–H and O–H groups in total. The predicted molar refractivity (Wildman–Crippen MR) is 68.0 cm³/mol. The lowest BCUT2D eigenvalue weighted by Gasteiger charge is -2.06. The zero-order valence-corrected chi connectivity index (χ0v) is 11.3. The van der Waals surface area contributed by atoms with Crippen LogP contribution in [0.4, 0.5) is 5.69 Å². The third kappa shape index (κ3) is 2.82. The van der Waals surface area contributed by atoms with Gasteiger partial charge in [-0.25, -0.2) is 4.99 Å². The first-order chi connectivity index (χ1) is 6.52. The van der Waals surface area contributed by atoms with Crippen molar-refractivity contribution in [3.8, 4) is 0 Å². The molecule has 0 spiro atoms. The summed E-state index contributed by atoms with van der Waals surface area (Å²) in [4.78, 5) is 4.36. The van der Waals surface area contributed by atoms with Crippen LogP contribution < -0.4 is 5.73 Å². The van der Waals surface area contributed by atoms with Crippen LogP contribution in [0.5, 0.6) is 0 Å². The number of para-hydroxylation sites is 1. The van der Waals surface area contributed by atoms with Gasteiger partial charge in [0.1, 0.15) is 5.84 Å². The van der Waals surface area contributed by atoms with Crippen LogP contribution in [0.1, 0.15) is 13.8 Å². The van der Waals surface area contributed by atoms with E-state index in [1.165, 1.54) is 0 Å². The van der Waals surface area contributed by atoms with Crippen molar-refractivity contribution in [2.75, 3.05) is 0 Å². The second kappa shape index (κ2) is 4.94. The van der Waals surface area contributed by atoms with E-state index in [-0.39, 0.29) is 5.92 Å². The van der Waals surface area contributed by atoms with E-state index >= 15 is 0 Å². The second-order valence-electron chi connectivity index (χ2n) is 3.26. The van der Waals surface area contributed by atoms with E-state index in [0.717, 1.165) is 14.6 Å². The van der Waals surface area contributed by atoms with Gasteiger partial charge in [-0.1, -0.05) is 19.9 Å². The summed E-state index contributed by atoms with van der Waals surface area (Å²) in [6.07, 6.45) is 0. The molecule has 0 aliphatic rings. The van der Waals surface area contributed by atoms with Gasteiger partial charge >= 0.3 is 0 Å². The number of halogens is 2. The Kier molecular flexibility index (Phi) is 4.13. The molecule has 0 aliphatic heterocycles. The van der Waals surface area contributed by atoms with Gasteiger partial charge in [0.05, 0.1) is 5.69 Å². The number of amidine groups is 1. The number of nitrogens with two attached hydrogens (primary N) is 1. The highest BCUT2D eigenvalue weighted by Crippen LogP contribution is 2.33. The van der Waals surface area contributed by atoms with Crippen LogP contribution in [-0.2, 0) is 0 Å². The van der Waals surface area contributed by atoms with E-state index in [4.69, 9.17) is 5.73 Å². The highest BCUT2D eigenvalue weighted by atomic mass is 79.9. The number of benzene rings is 1. The topological polar surface area (TPSA) is 38.4 Å². The van der Waals surface area contributed by atoms with E-state index in [1.54, 1.807) is 0 Å². The van der Waals surface area contributed by atoms with E-state index in [2.05, 4.69) is 36.9 Å². The Morgan fingerprint density at radius 2 is 1.79 bits per heavy atom. The first-order valence-corrected chi connectivity index (χ1v) is 5.89. The standard InChI is InChI=1S/C10H12Br2N2/c1-6(2)10(13)14-9-7(11)4-3-5-8(9)12/h3-6H,1-2H3,(H2,13,14). The number of rotatable bonds is 2. The van der Waals surface area contributed by atoms with Gasteiger partial charge in [0.15, 0.2) is 0 Å². The van der Waals surface area contributed by atoms with Crippen molar-refractivity contribution < 1.29 is 0 Å². The minimum atomic E-state index is 0.258. The van der Waals surface area contributed by atoms with Crippen molar-refractivity contribution in [2.45, 2.75) is 13.8 Å². The third-order valence-electron chi connectivity index (χ3n) is 1.77. The van der Waals surface area contributed by atoms with Crippen molar-refractivity contribution in [2.24, 2.45) is 16.6 Å². The van der Waals surface area contributed by atoms with Crippen LogP contribution in [0.15, 0.2) is 32.1 Å². The van der Waals surface area contributed by atoms with Gasteiger partial charge in [0.25, 0.3) is 0 Å². The Balaban J connectivity index is 3.14. The maximum absolute atomic E-state index is 5.79. The lowest BCUT2D eigenvalue weighted by molar-refractivity contribution is 0.872. The smallest absolute Gasteiger partial charge is 0.102 e. The number of nitrogens with zero attached hydrogens (tertiary/aromatic N) is 1. The van der Waals surface area contributed by atoms with Gasteiger partial charge in [-0.2, -0.15) is 0 Å². The highest BCUT2D eigenvalue weighted by molar-refractivity contribution is 9.11. The van der Waals surface area contributed by atoms with Gasteiger partial charge in [-0.05, 0) is 44.0 Å². The summed E-state index contributed by atoms with van der Waals surface area (Å²) in [5.41, 5.74) is 6.64. The molecular weight excluding hydrogens is 308 g/mol. The molecule has 1 aromatic carbocycles. The minimum Gasteiger partial charge on any atom is -0.387 e. The molecule has 0 saturated heterocycles. The fourth-order valence-corrected chi connectivity index (χ4v) is 2.03. The molecule has 14 heavy (non-hydrogen) atoms. The van der Waals surface area contributed by atoms with Crippen molar-refractivity contribution in [3.63, 3.8) is 0 Å². The molecule has 0 radical (unpaired) electrons. The second-order valence-corrected chi connectivity index (χ2v) is 4.97. The maximum Gasteiger partial charge on any atom is 0.102 e. The van der Waals surface area contributed by atoms with Gasteiger partial charge in [-0.15, -0.1) is 0 Å². The Morgan fingerprint density at radius 3 is 2.21 bits per heavy atom. The van der Waals surface area contributed by atoms with E-state index in [1.807, 2.05) is 32.0 Å². The van der Waals surface area contributed by atoms with E-state index in [0.29, 0.717) is 5.84 Å². The molecule has 4 heteroatoms. The normalized spacial score (nSPS) is 12.2. The first kappa shape index (κ1) is 11.7. The Bertz CT molecular complexity index is 339. The summed E-state index contributed by atoms with van der Waals surface area (Å²) in [5.74, 6) is 0.895. The quantitative estimate of drug-likeness (QED) is 0.652. The summed E-state index contributed by atoms with van der Waals surface area (Å²) < 4.78 is 1.88. The zero-order valence-electron chi connectivity index (χ0n) is 8.09. The lowest BCUT2D eigenvalue weighted by Crippen LogP contribution is -2.18. The van der Waals surface area contributed by atoms with Gasteiger partial charge in [-0.3, -0.25) is 0 Å². The number of hydrogen-bond donors (Lipinski definition) is 1. The maximum atomic E-state index is 5.79. The molecule has 76 valence electrons. The van der Waals surface area contributed by atoms with Crippen LogP contribution in [-0.4, -0.2) is 5.84 Å². The molecule has 0 saturated carbocycles. The van der Waals surface area contributed by atoms with E-state index in [9.17, 15) is 0 Å². The molecule has 0 unspecified atom stereocenters. The monoisotopic (exact) mass is 318 g/mol. The molecule has 0 fully saturated rings. The summed E-state index contributed by atoms with van der Waals surface area (Å²) in [5, 5.41) is 0. The Hall–Kier alpha value is -0.350. The molecule has 0 atom stereocenters. The van der Waals surface area contributed by atoms with Crippen LogP contribution >= 0.6 is 31.9 Å². The first-order valence-electron chi connectivity index (χ1n) is 4.30. The molecule has 2 nitrogen and oxygen atoms in total. The van der Waals surface area contributed by atoms with Crippen molar-refractivity contribution >= 4 is 43.4 Å². The van der Waals surface area contributed by atoms with Crippen LogP contribution in [0, 0.1) is 5.92 Å². The molecule has 0 aliphatic carbocycles. The molecule has 0 heterocycles. The number of hydrogen-bond acceptors (Lipinski definition) is 1. The summed E-state index contributed by atoms with van der Waals surface area (Å²) in [6, 6.07) is 5.83. The van der Waals surface area contributed by atoms with Crippen LogP contribution in [0.2, 0.25) is 0 Å². The fourth-order valence-electron chi connectivity index (χ4n) is 0.854. The molecule has 0 amide bonds. The lowest BCUT2D eigenvalue weighted by atomic mass is 10.2. The minimum absolute atomic E-state index is 0.258. The highest BCUT2D eigenvalue weighted by Gasteiger charge is 2.05. The SMILES string of the molecule is CC(C)C(N)=Nc1c(Br)cccc1Br. The van der Waals surface area contributed by atoms with Gasteiger partial charge < -0.3 is 5.73 Å². The predicted octanol–water partition coefficient (Wildman–Crippen LogP) is 3.86. The van der Waals surface area contributed by atoms with Gasteiger partial charge in [0.2, 0.25) is 0 Å². The summed E-state index contributed by atoms with van der Waals surface area (Å²) in [6.45, 7) is 4.03. The number of aliphatic imine (C=N–C) groups is 1. The molecule has 1 rings (SSSR count). The average molecular weight is 320 g/mol. The van der Waals surface area contributed by atoms with Crippen LogP contribution in [0.3, 0.4) is 0 Å². The molecular formula is C10H12Br2N2. The van der Waals surface area contributed by atoms with Crippen molar-refractivity contribution in [1.82, 2.24) is 0 Å². The van der Waals surface area contributed by atoms with Crippen LogP contribution in [0.25, 0.3) is 0 Å². The molecule has 0 aromatic heterocycles. The Morgan fingerprint density at radius 1 is 1.29 bits per heavy atom. The molecule has 1 aromatic rings. The van der Waals surface area contributed by atoms with Crippen molar-refractivity contribution in [3.05, 3.63) is 27.1 Å². The van der Waals surface area contributed by atoms with Crippen molar-refractivity contribution in [1.29, 1.82) is 0 Å². The van der Waals surface area contributed by atoms with Gasteiger partial charge in [0, 0.05) is 14.9 Å².